The molecule has 1 aromatic rings. The van der Waals surface area contributed by atoms with Gasteiger partial charge in [0, 0.05) is 0 Å². The fraction of sp³-hybridized carbons (Fsp3) is 0.200. The van der Waals surface area contributed by atoms with Gasteiger partial charge in [-0.15, -0.1) is 0 Å². The minimum Gasteiger partial charge on any atom is -0.285 e. The highest BCUT2D eigenvalue weighted by Gasteiger charge is 2.07. The van der Waals surface area contributed by atoms with Crippen LogP contribution in [0.2, 0.25) is 0 Å². The lowest BCUT2D eigenvalue weighted by atomic mass is 10.1. The smallest absolute Gasteiger partial charge is 0.268 e. The van der Waals surface area contributed by atoms with Gasteiger partial charge in [0.1, 0.15) is 0 Å². The highest BCUT2D eigenvalue weighted by atomic mass is 32.2. The van der Waals surface area contributed by atoms with E-state index in [1.54, 1.807) is 0 Å². The minimum atomic E-state index is -3.94. The van der Waals surface area contributed by atoms with Crippen LogP contribution in [0.4, 0.5) is 0 Å². The first-order valence-corrected chi connectivity index (χ1v) is 5.74. The zero-order valence-corrected chi connectivity index (χ0v) is 8.50. The summed E-state index contributed by atoms with van der Waals surface area (Å²) < 4.78 is 29.6. The first kappa shape index (κ1) is 10.9. The average molecular weight is 212 g/mol. The van der Waals surface area contributed by atoms with E-state index in [0.717, 1.165) is 5.56 Å². The van der Waals surface area contributed by atoms with Gasteiger partial charge in [-0.25, -0.2) is 0 Å². The number of hydrogen-bond donors (Lipinski definition) is 1. The monoisotopic (exact) mass is 212 g/mol. The summed E-state index contributed by atoms with van der Waals surface area (Å²) >= 11 is 0. The van der Waals surface area contributed by atoms with Crippen molar-refractivity contribution in [1.82, 2.24) is 0 Å². The van der Waals surface area contributed by atoms with Crippen molar-refractivity contribution in [3.8, 4) is 0 Å². The van der Waals surface area contributed by atoms with Crippen LogP contribution in [0.1, 0.15) is 5.56 Å². The Morgan fingerprint density at radius 2 is 1.86 bits per heavy atom. The predicted octanol–water partition coefficient (Wildman–Crippen LogP) is 1.67. The predicted molar refractivity (Wildman–Crippen MR) is 55.7 cm³/mol. The minimum absolute atomic E-state index is 0.373. The third-order valence-electron chi connectivity index (χ3n) is 1.68. The molecule has 0 saturated heterocycles. The van der Waals surface area contributed by atoms with Crippen molar-refractivity contribution in [1.29, 1.82) is 0 Å². The Balaban J connectivity index is 2.59. The lowest BCUT2D eigenvalue weighted by Crippen LogP contribution is -2.07. The zero-order valence-electron chi connectivity index (χ0n) is 7.68. The van der Waals surface area contributed by atoms with E-state index in [0.29, 0.717) is 12.0 Å². The summed E-state index contributed by atoms with van der Waals surface area (Å²) in [4.78, 5) is 0. The summed E-state index contributed by atoms with van der Waals surface area (Å²) in [5, 5.41) is 0. The molecule has 0 aliphatic carbocycles. The highest BCUT2D eigenvalue weighted by molar-refractivity contribution is 7.85. The standard InChI is InChI=1S/C10H12O3S/c1-9(8-14(11,12)13)7-10-5-3-2-4-6-10/h2-6H,1,7-8H2,(H,11,12,13). The van der Waals surface area contributed by atoms with E-state index in [2.05, 4.69) is 6.58 Å². The lowest BCUT2D eigenvalue weighted by Gasteiger charge is -2.03. The molecule has 1 rings (SSSR count). The first-order valence-electron chi connectivity index (χ1n) is 4.13. The van der Waals surface area contributed by atoms with E-state index in [1.165, 1.54) is 0 Å². The fourth-order valence-corrected chi connectivity index (χ4v) is 1.81. The summed E-state index contributed by atoms with van der Waals surface area (Å²) in [5.74, 6) is -0.373. The molecular formula is C10H12O3S. The van der Waals surface area contributed by atoms with Crippen LogP contribution in [0.5, 0.6) is 0 Å². The van der Waals surface area contributed by atoms with Gasteiger partial charge in [-0.05, 0) is 12.0 Å². The molecule has 0 saturated carbocycles. The van der Waals surface area contributed by atoms with Crippen LogP contribution in [0, 0.1) is 0 Å². The van der Waals surface area contributed by atoms with Crippen LogP contribution < -0.4 is 0 Å². The van der Waals surface area contributed by atoms with Crippen LogP contribution in [0.3, 0.4) is 0 Å². The van der Waals surface area contributed by atoms with Crippen molar-refractivity contribution >= 4 is 10.1 Å². The largest absolute Gasteiger partial charge is 0.285 e. The van der Waals surface area contributed by atoms with Crippen LogP contribution in [-0.2, 0) is 16.5 Å². The van der Waals surface area contributed by atoms with Gasteiger partial charge in [0.05, 0.1) is 5.75 Å². The molecule has 3 nitrogen and oxygen atoms in total. The molecule has 0 bridgehead atoms. The molecule has 0 amide bonds. The third kappa shape index (κ3) is 4.20. The van der Waals surface area contributed by atoms with Gasteiger partial charge in [0.2, 0.25) is 0 Å². The summed E-state index contributed by atoms with van der Waals surface area (Å²) in [6.07, 6.45) is 0.473. The molecule has 14 heavy (non-hydrogen) atoms. The zero-order chi connectivity index (χ0) is 10.6. The van der Waals surface area contributed by atoms with E-state index in [1.807, 2.05) is 30.3 Å². The Morgan fingerprint density at radius 3 is 2.36 bits per heavy atom. The van der Waals surface area contributed by atoms with Crippen LogP contribution in [-0.4, -0.2) is 18.7 Å². The normalized spacial score (nSPS) is 11.2. The van der Waals surface area contributed by atoms with Crippen molar-refractivity contribution in [3.05, 3.63) is 48.0 Å². The molecule has 0 aliphatic heterocycles. The van der Waals surface area contributed by atoms with Gasteiger partial charge in [-0.2, -0.15) is 8.42 Å². The molecule has 0 atom stereocenters. The van der Waals surface area contributed by atoms with Crippen molar-refractivity contribution in [2.24, 2.45) is 0 Å². The Hall–Kier alpha value is -1.13. The second-order valence-electron chi connectivity index (χ2n) is 3.14. The summed E-state index contributed by atoms with van der Waals surface area (Å²) in [6, 6.07) is 9.39. The van der Waals surface area contributed by atoms with Gasteiger partial charge >= 0.3 is 0 Å². The fourth-order valence-electron chi connectivity index (χ4n) is 1.19. The quantitative estimate of drug-likeness (QED) is 0.610. The maximum absolute atomic E-state index is 10.5. The molecule has 0 aromatic heterocycles. The number of rotatable bonds is 4. The topological polar surface area (TPSA) is 54.4 Å². The van der Waals surface area contributed by atoms with Gasteiger partial charge in [-0.1, -0.05) is 42.5 Å². The molecule has 76 valence electrons. The average Bonchev–Trinajstić information content (AvgIpc) is 2.02. The molecule has 0 heterocycles. The lowest BCUT2D eigenvalue weighted by molar-refractivity contribution is 0.485. The van der Waals surface area contributed by atoms with Crippen LogP contribution in [0.15, 0.2) is 42.5 Å². The summed E-state index contributed by atoms with van der Waals surface area (Å²) in [5.41, 5.74) is 1.47. The van der Waals surface area contributed by atoms with E-state index < -0.39 is 10.1 Å². The number of benzene rings is 1. The van der Waals surface area contributed by atoms with Gasteiger partial charge in [0.25, 0.3) is 10.1 Å². The number of hydrogen-bond acceptors (Lipinski definition) is 2. The maximum atomic E-state index is 10.5. The maximum Gasteiger partial charge on any atom is 0.268 e. The Labute approximate surface area is 83.8 Å². The molecular weight excluding hydrogens is 200 g/mol. The Morgan fingerprint density at radius 1 is 1.29 bits per heavy atom. The molecule has 0 spiro atoms. The Kier molecular flexibility index (Phi) is 3.43. The van der Waals surface area contributed by atoms with Crippen LogP contribution >= 0.6 is 0 Å². The van der Waals surface area contributed by atoms with Gasteiger partial charge < -0.3 is 0 Å². The molecule has 0 radical (unpaired) electrons. The first-order chi connectivity index (χ1) is 6.47. The van der Waals surface area contributed by atoms with E-state index in [9.17, 15) is 8.42 Å². The molecule has 1 N–H and O–H groups in total. The Bertz CT molecular complexity index is 406. The second kappa shape index (κ2) is 4.39. The molecule has 0 fully saturated rings. The molecule has 1 aromatic carbocycles. The summed E-state index contributed by atoms with van der Waals surface area (Å²) in [6.45, 7) is 3.60. The van der Waals surface area contributed by atoms with E-state index in [-0.39, 0.29) is 5.75 Å². The molecule has 0 aliphatic rings. The van der Waals surface area contributed by atoms with E-state index >= 15 is 0 Å². The van der Waals surface area contributed by atoms with E-state index in [4.69, 9.17) is 4.55 Å². The van der Waals surface area contributed by atoms with Gasteiger partial charge in [-0.3, -0.25) is 4.55 Å². The summed E-state index contributed by atoms with van der Waals surface area (Å²) in [7, 11) is -3.94. The highest BCUT2D eigenvalue weighted by Crippen LogP contribution is 2.07. The third-order valence-corrected chi connectivity index (χ3v) is 2.46. The molecule has 0 unspecified atom stereocenters. The van der Waals surface area contributed by atoms with Gasteiger partial charge in [0.15, 0.2) is 0 Å². The van der Waals surface area contributed by atoms with Crippen molar-refractivity contribution in [3.63, 3.8) is 0 Å². The second-order valence-corrected chi connectivity index (χ2v) is 4.59. The van der Waals surface area contributed by atoms with Crippen molar-refractivity contribution in [2.75, 3.05) is 5.75 Å². The SMILES string of the molecule is C=C(Cc1ccccc1)CS(=O)(=O)O. The molecule has 4 heteroatoms. The van der Waals surface area contributed by atoms with Crippen LogP contribution in [0.25, 0.3) is 0 Å². The van der Waals surface area contributed by atoms with Crippen molar-refractivity contribution < 1.29 is 13.0 Å². The van der Waals surface area contributed by atoms with Crippen molar-refractivity contribution in [2.45, 2.75) is 6.42 Å².